The van der Waals surface area contributed by atoms with Crippen LogP contribution >= 0.6 is 0 Å². The van der Waals surface area contributed by atoms with Gasteiger partial charge in [-0.15, -0.1) is 0 Å². The van der Waals surface area contributed by atoms with E-state index in [0.29, 0.717) is 39.3 Å². The van der Waals surface area contributed by atoms with Crippen molar-refractivity contribution in [1.29, 1.82) is 0 Å². The number of aryl methyl sites for hydroxylation is 1. The first-order chi connectivity index (χ1) is 14.1. The van der Waals surface area contributed by atoms with Gasteiger partial charge in [-0.25, -0.2) is 0 Å². The highest BCUT2D eigenvalue weighted by Gasteiger charge is 2.23. The Morgan fingerprint density at radius 3 is 2.38 bits per heavy atom. The van der Waals surface area contributed by atoms with Crippen LogP contribution in [0, 0.1) is 0 Å². The third-order valence-electron chi connectivity index (χ3n) is 5.26. The van der Waals surface area contributed by atoms with Gasteiger partial charge in [0.1, 0.15) is 5.75 Å². The molecule has 1 fully saturated rings. The van der Waals surface area contributed by atoms with E-state index in [1.807, 2.05) is 53.4 Å². The van der Waals surface area contributed by atoms with Crippen molar-refractivity contribution >= 4 is 11.8 Å². The molecule has 2 aromatic rings. The lowest BCUT2D eigenvalue weighted by Gasteiger charge is -2.34. The van der Waals surface area contributed by atoms with E-state index in [1.54, 1.807) is 7.11 Å². The maximum atomic E-state index is 12.7. The number of rotatable bonds is 7. The number of ether oxygens (including phenoxy) is 1. The van der Waals surface area contributed by atoms with Gasteiger partial charge in [0.15, 0.2) is 0 Å². The molecule has 1 saturated heterocycles. The molecule has 154 valence electrons. The van der Waals surface area contributed by atoms with Crippen molar-refractivity contribution in [3.63, 3.8) is 0 Å². The number of methoxy groups -OCH3 is 1. The van der Waals surface area contributed by atoms with Crippen molar-refractivity contribution in [3.8, 4) is 5.75 Å². The molecule has 2 aromatic carbocycles. The molecule has 0 atom stereocenters. The zero-order valence-corrected chi connectivity index (χ0v) is 17.2. The van der Waals surface area contributed by atoms with Gasteiger partial charge in [-0.2, -0.15) is 0 Å². The Labute approximate surface area is 172 Å². The molecule has 0 saturated carbocycles. The summed E-state index contributed by atoms with van der Waals surface area (Å²) in [6.07, 6.45) is 0.965. The highest BCUT2D eigenvalue weighted by atomic mass is 16.5. The van der Waals surface area contributed by atoms with Gasteiger partial charge in [-0.05, 0) is 41.8 Å². The molecule has 0 unspecified atom stereocenters. The minimum absolute atomic E-state index is 0.0113. The zero-order chi connectivity index (χ0) is 20.6. The van der Waals surface area contributed by atoms with Crippen LogP contribution < -0.4 is 10.1 Å². The molecule has 0 bridgehead atoms. The minimum atomic E-state index is -0.0113. The molecule has 1 aliphatic rings. The first-order valence-corrected chi connectivity index (χ1v) is 10.1. The molecule has 1 N–H and O–H groups in total. The van der Waals surface area contributed by atoms with Crippen LogP contribution in [-0.4, -0.2) is 61.4 Å². The monoisotopic (exact) mass is 395 g/mol. The number of carbonyl (C=O) groups is 2. The number of carbonyl (C=O) groups excluding carboxylic acids is 2. The third-order valence-corrected chi connectivity index (χ3v) is 5.26. The SMILES string of the molecule is CCc1ccc(C(=O)N2CCN(CC(=O)NCc3cccc(OC)c3)CC2)cc1. The number of nitrogens with zero attached hydrogens (tertiary/aromatic N) is 2. The van der Waals surface area contributed by atoms with E-state index >= 15 is 0 Å². The van der Waals surface area contributed by atoms with Crippen molar-refractivity contribution in [1.82, 2.24) is 15.1 Å². The molecule has 0 spiro atoms. The predicted octanol–water partition coefficient (Wildman–Crippen LogP) is 2.33. The van der Waals surface area contributed by atoms with Gasteiger partial charge in [-0.1, -0.05) is 31.2 Å². The fourth-order valence-corrected chi connectivity index (χ4v) is 3.42. The Hall–Kier alpha value is -2.86. The van der Waals surface area contributed by atoms with Crippen molar-refractivity contribution in [2.75, 3.05) is 39.8 Å². The Bertz CT molecular complexity index is 828. The van der Waals surface area contributed by atoms with Crippen LogP contribution in [0.3, 0.4) is 0 Å². The lowest BCUT2D eigenvalue weighted by molar-refractivity contribution is -0.122. The molecule has 2 amide bonds. The summed E-state index contributed by atoms with van der Waals surface area (Å²) < 4.78 is 5.20. The second-order valence-electron chi connectivity index (χ2n) is 7.25. The van der Waals surface area contributed by atoms with Crippen molar-refractivity contribution in [2.45, 2.75) is 19.9 Å². The zero-order valence-electron chi connectivity index (χ0n) is 17.2. The summed E-state index contributed by atoms with van der Waals surface area (Å²) in [7, 11) is 1.63. The lowest BCUT2D eigenvalue weighted by atomic mass is 10.1. The number of piperazine rings is 1. The van der Waals surface area contributed by atoms with E-state index < -0.39 is 0 Å². The molecule has 29 heavy (non-hydrogen) atoms. The summed E-state index contributed by atoms with van der Waals surface area (Å²) >= 11 is 0. The van der Waals surface area contributed by atoms with Crippen LogP contribution in [0.2, 0.25) is 0 Å². The quantitative estimate of drug-likeness (QED) is 0.782. The summed E-state index contributed by atoms with van der Waals surface area (Å²) in [5.41, 5.74) is 2.96. The van der Waals surface area contributed by atoms with Gasteiger partial charge < -0.3 is 15.0 Å². The van der Waals surface area contributed by atoms with Crippen LogP contribution in [-0.2, 0) is 17.8 Å². The van der Waals surface area contributed by atoms with Gasteiger partial charge >= 0.3 is 0 Å². The van der Waals surface area contributed by atoms with Gasteiger partial charge in [0, 0.05) is 38.3 Å². The second-order valence-corrected chi connectivity index (χ2v) is 7.25. The highest BCUT2D eigenvalue weighted by Crippen LogP contribution is 2.13. The molecule has 0 aromatic heterocycles. The second kappa shape index (κ2) is 10.1. The molecule has 1 heterocycles. The average Bonchev–Trinajstić information content (AvgIpc) is 2.78. The normalized spacial score (nSPS) is 14.5. The molecular formula is C23H29N3O3. The molecule has 3 rings (SSSR count). The van der Waals surface area contributed by atoms with E-state index in [2.05, 4.69) is 17.1 Å². The summed E-state index contributed by atoms with van der Waals surface area (Å²) in [5, 5.41) is 2.95. The molecule has 6 heteroatoms. The standard InChI is InChI=1S/C23H29N3O3/c1-3-18-7-9-20(10-8-18)23(28)26-13-11-25(12-14-26)17-22(27)24-16-19-5-4-6-21(15-19)29-2/h4-10,15H,3,11-14,16-17H2,1-2H3,(H,24,27). The molecule has 0 aliphatic carbocycles. The minimum Gasteiger partial charge on any atom is -0.497 e. The van der Waals surface area contributed by atoms with Crippen LogP contribution in [0.4, 0.5) is 0 Å². The van der Waals surface area contributed by atoms with Crippen LogP contribution in [0.25, 0.3) is 0 Å². The number of hydrogen-bond donors (Lipinski definition) is 1. The lowest BCUT2D eigenvalue weighted by Crippen LogP contribution is -2.51. The number of hydrogen-bond acceptors (Lipinski definition) is 4. The summed E-state index contributed by atoms with van der Waals surface area (Å²) in [5.74, 6) is 0.833. The maximum Gasteiger partial charge on any atom is 0.253 e. The Morgan fingerprint density at radius 2 is 1.72 bits per heavy atom. The van der Waals surface area contributed by atoms with E-state index in [1.165, 1.54) is 5.56 Å². The van der Waals surface area contributed by atoms with E-state index in [4.69, 9.17) is 4.74 Å². The predicted molar refractivity (Wildman–Crippen MR) is 113 cm³/mol. The first kappa shape index (κ1) is 20.9. The number of nitrogens with one attached hydrogen (secondary N) is 1. The molecule has 6 nitrogen and oxygen atoms in total. The molecule has 1 aliphatic heterocycles. The van der Waals surface area contributed by atoms with Crippen LogP contribution in [0.5, 0.6) is 5.75 Å². The average molecular weight is 396 g/mol. The smallest absolute Gasteiger partial charge is 0.253 e. The van der Waals surface area contributed by atoms with E-state index in [-0.39, 0.29) is 11.8 Å². The van der Waals surface area contributed by atoms with E-state index in [9.17, 15) is 9.59 Å². The third kappa shape index (κ3) is 5.81. The molecule has 0 radical (unpaired) electrons. The van der Waals surface area contributed by atoms with Crippen LogP contribution in [0.1, 0.15) is 28.4 Å². The maximum absolute atomic E-state index is 12.7. The van der Waals surface area contributed by atoms with Crippen molar-refractivity contribution < 1.29 is 14.3 Å². The van der Waals surface area contributed by atoms with Crippen molar-refractivity contribution in [3.05, 3.63) is 65.2 Å². The summed E-state index contributed by atoms with van der Waals surface area (Å²) in [4.78, 5) is 28.9. The first-order valence-electron chi connectivity index (χ1n) is 10.1. The fraction of sp³-hybridized carbons (Fsp3) is 0.391. The van der Waals surface area contributed by atoms with Gasteiger partial charge in [-0.3, -0.25) is 14.5 Å². The topological polar surface area (TPSA) is 61.9 Å². The summed E-state index contributed by atoms with van der Waals surface area (Å²) in [6, 6.07) is 15.5. The molecular weight excluding hydrogens is 366 g/mol. The van der Waals surface area contributed by atoms with Crippen LogP contribution in [0.15, 0.2) is 48.5 Å². The van der Waals surface area contributed by atoms with Gasteiger partial charge in [0.25, 0.3) is 5.91 Å². The van der Waals surface area contributed by atoms with Gasteiger partial charge in [0.2, 0.25) is 5.91 Å². The highest BCUT2D eigenvalue weighted by molar-refractivity contribution is 5.94. The number of amides is 2. The Balaban J connectivity index is 1.42. The van der Waals surface area contributed by atoms with E-state index in [0.717, 1.165) is 23.3 Å². The fourth-order valence-electron chi connectivity index (χ4n) is 3.42. The summed E-state index contributed by atoms with van der Waals surface area (Å²) in [6.45, 7) is 5.59. The van der Waals surface area contributed by atoms with Gasteiger partial charge in [0.05, 0.1) is 13.7 Å². The Kier molecular flexibility index (Phi) is 7.25. The number of benzene rings is 2. The van der Waals surface area contributed by atoms with Crippen molar-refractivity contribution in [2.24, 2.45) is 0 Å². The Morgan fingerprint density at radius 1 is 1.00 bits per heavy atom. The largest absolute Gasteiger partial charge is 0.497 e.